The molecule has 0 atom stereocenters. The van der Waals surface area contributed by atoms with Crippen molar-refractivity contribution < 1.29 is 23.9 Å². The highest BCUT2D eigenvalue weighted by atomic mass is 79.9. The fourth-order valence-electron chi connectivity index (χ4n) is 3.61. The predicted octanol–water partition coefficient (Wildman–Crippen LogP) is 4.88. The van der Waals surface area contributed by atoms with E-state index in [9.17, 15) is 14.4 Å². The molecule has 0 aliphatic rings. The van der Waals surface area contributed by atoms with Crippen LogP contribution in [0.25, 0.3) is 5.69 Å². The molecular formula is C28H26BrN5O5S. The van der Waals surface area contributed by atoms with Gasteiger partial charge in [-0.25, -0.2) is 4.79 Å². The maximum Gasteiger partial charge on any atom is 0.338 e. The molecule has 0 aliphatic heterocycles. The smallest absolute Gasteiger partial charge is 0.338 e. The van der Waals surface area contributed by atoms with Gasteiger partial charge in [0.05, 0.1) is 31.6 Å². The molecule has 12 heteroatoms. The summed E-state index contributed by atoms with van der Waals surface area (Å²) in [6, 6.07) is 20.9. The molecule has 2 amide bonds. The first kappa shape index (κ1) is 28.8. The number of esters is 1. The van der Waals surface area contributed by atoms with Crippen LogP contribution in [0.3, 0.4) is 0 Å². The molecule has 0 unspecified atom stereocenters. The van der Waals surface area contributed by atoms with E-state index in [2.05, 4.69) is 36.8 Å². The number of hydrogen-bond donors (Lipinski definition) is 2. The van der Waals surface area contributed by atoms with Crippen LogP contribution in [0.1, 0.15) is 33.5 Å². The molecule has 10 nitrogen and oxygen atoms in total. The molecule has 206 valence electrons. The lowest BCUT2D eigenvalue weighted by molar-refractivity contribution is -0.113. The van der Waals surface area contributed by atoms with Gasteiger partial charge in [-0.1, -0.05) is 33.8 Å². The number of aromatic nitrogens is 3. The summed E-state index contributed by atoms with van der Waals surface area (Å²) in [6.07, 6.45) is 0. The van der Waals surface area contributed by atoms with Crippen LogP contribution in [0.5, 0.6) is 5.75 Å². The van der Waals surface area contributed by atoms with E-state index in [-0.39, 0.29) is 30.7 Å². The number of ether oxygens (including phenoxy) is 2. The summed E-state index contributed by atoms with van der Waals surface area (Å²) in [7, 11) is 1.54. The number of halogens is 1. The summed E-state index contributed by atoms with van der Waals surface area (Å²) in [5.74, 6) is 0.177. The highest BCUT2D eigenvalue weighted by Crippen LogP contribution is 2.24. The zero-order valence-corrected chi connectivity index (χ0v) is 24.1. The van der Waals surface area contributed by atoms with E-state index < -0.39 is 5.97 Å². The average Bonchev–Trinajstić information content (AvgIpc) is 3.38. The average molecular weight is 625 g/mol. The lowest BCUT2D eigenvalue weighted by atomic mass is 10.2. The van der Waals surface area contributed by atoms with Crippen molar-refractivity contribution in [3.8, 4) is 11.4 Å². The Morgan fingerprint density at radius 1 is 0.975 bits per heavy atom. The van der Waals surface area contributed by atoms with Gasteiger partial charge in [0.1, 0.15) is 5.75 Å². The summed E-state index contributed by atoms with van der Waals surface area (Å²) in [6.45, 7) is 2.14. The second kappa shape index (κ2) is 13.8. The zero-order valence-electron chi connectivity index (χ0n) is 21.7. The van der Waals surface area contributed by atoms with Crippen LogP contribution in [-0.4, -0.2) is 52.0 Å². The maximum absolute atomic E-state index is 12.8. The quantitative estimate of drug-likeness (QED) is 0.179. The lowest BCUT2D eigenvalue weighted by Crippen LogP contribution is -2.24. The number of methoxy groups -OCH3 is 1. The molecule has 0 bridgehead atoms. The van der Waals surface area contributed by atoms with Crippen LogP contribution in [0.4, 0.5) is 5.69 Å². The largest absolute Gasteiger partial charge is 0.497 e. The molecule has 40 heavy (non-hydrogen) atoms. The Morgan fingerprint density at radius 3 is 2.42 bits per heavy atom. The monoisotopic (exact) mass is 623 g/mol. The van der Waals surface area contributed by atoms with E-state index in [1.165, 1.54) is 11.8 Å². The van der Waals surface area contributed by atoms with Crippen LogP contribution in [0, 0.1) is 0 Å². The Balaban J connectivity index is 1.45. The number of amides is 2. The van der Waals surface area contributed by atoms with E-state index in [4.69, 9.17) is 9.47 Å². The molecule has 1 heterocycles. The van der Waals surface area contributed by atoms with Crippen molar-refractivity contribution in [3.05, 3.63) is 94.2 Å². The first-order chi connectivity index (χ1) is 19.4. The number of carbonyl (C=O) groups is 3. The topological polar surface area (TPSA) is 124 Å². The van der Waals surface area contributed by atoms with Gasteiger partial charge >= 0.3 is 5.97 Å². The van der Waals surface area contributed by atoms with E-state index in [0.717, 1.165) is 10.2 Å². The summed E-state index contributed by atoms with van der Waals surface area (Å²) < 4.78 is 12.9. The lowest BCUT2D eigenvalue weighted by Gasteiger charge is -2.12. The number of rotatable bonds is 11. The second-order valence-electron chi connectivity index (χ2n) is 8.26. The van der Waals surface area contributed by atoms with Crippen molar-refractivity contribution in [2.75, 3.05) is 24.8 Å². The molecule has 1 aromatic heterocycles. The third-order valence-corrected chi connectivity index (χ3v) is 6.99. The first-order valence-corrected chi connectivity index (χ1v) is 14.0. The van der Waals surface area contributed by atoms with E-state index in [1.54, 1.807) is 67.1 Å². The van der Waals surface area contributed by atoms with Gasteiger partial charge in [-0.3, -0.25) is 14.2 Å². The molecule has 0 aliphatic carbocycles. The minimum absolute atomic E-state index is 0.0600. The molecule has 0 fully saturated rings. The first-order valence-electron chi connectivity index (χ1n) is 12.2. The maximum atomic E-state index is 12.8. The van der Waals surface area contributed by atoms with Gasteiger partial charge in [0, 0.05) is 21.4 Å². The van der Waals surface area contributed by atoms with Gasteiger partial charge in [-0.05, 0) is 73.7 Å². The molecule has 0 saturated heterocycles. The second-order valence-corrected chi connectivity index (χ2v) is 10.1. The number of hydrogen-bond acceptors (Lipinski definition) is 8. The van der Waals surface area contributed by atoms with Gasteiger partial charge < -0.3 is 20.1 Å². The number of carbonyl (C=O) groups excluding carboxylic acids is 3. The van der Waals surface area contributed by atoms with Gasteiger partial charge in [0.15, 0.2) is 11.0 Å². The molecule has 0 saturated carbocycles. The minimum atomic E-state index is -0.418. The van der Waals surface area contributed by atoms with Crippen molar-refractivity contribution in [1.82, 2.24) is 20.1 Å². The molecule has 2 N–H and O–H groups in total. The summed E-state index contributed by atoms with van der Waals surface area (Å²) in [4.78, 5) is 37.3. The number of anilines is 1. The fourth-order valence-corrected chi connectivity index (χ4v) is 4.65. The standard InChI is InChI=1S/C28H26BrN5O5S/c1-3-39-27(37)18-7-11-21(12-8-18)31-25(35)17-40-28-33-32-24(34(28)22-13-9-20(29)10-14-22)16-30-26(36)19-5-4-6-23(15-19)38-2/h4-15H,3,16-17H2,1-2H3,(H,30,36)(H,31,35). The molecular weight excluding hydrogens is 598 g/mol. The van der Waals surface area contributed by atoms with E-state index in [1.807, 2.05) is 24.3 Å². The van der Waals surface area contributed by atoms with Crippen molar-refractivity contribution in [2.24, 2.45) is 0 Å². The molecule has 0 spiro atoms. The Labute approximate surface area is 243 Å². The number of benzene rings is 3. The van der Waals surface area contributed by atoms with Crippen LogP contribution >= 0.6 is 27.7 Å². The Hall–Kier alpha value is -4.16. The SMILES string of the molecule is CCOC(=O)c1ccc(NC(=O)CSc2nnc(CNC(=O)c3cccc(OC)c3)n2-c2ccc(Br)cc2)cc1. The van der Waals surface area contributed by atoms with Crippen molar-refractivity contribution in [3.63, 3.8) is 0 Å². The number of nitrogens with one attached hydrogen (secondary N) is 2. The van der Waals surface area contributed by atoms with Crippen LogP contribution < -0.4 is 15.4 Å². The summed E-state index contributed by atoms with van der Waals surface area (Å²) >= 11 is 4.65. The molecule has 4 aromatic rings. The van der Waals surface area contributed by atoms with Gasteiger partial charge in [0.25, 0.3) is 5.91 Å². The predicted molar refractivity (Wildman–Crippen MR) is 155 cm³/mol. The van der Waals surface area contributed by atoms with Gasteiger partial charge in [-0.2, -0.15) is 0 Å². The van der Waals surface area contributed by atoms with Crippen molar-refractivity contribution in [2.45, 2.75) is 18.6 Å². The Morgan fingerprint density at radius 2 is 1.73 bits per heavy atom. The third-order valence-electron chi connectivity index (χ3n) is 5.54. The molecule has 4 rings (SSSR count). The molecule has 0 radical (unpaired) electrons. The number of thioether (sulfide) groups is 1. The molecule has 3 aromatic carbocycles. The van der Waals surface area contributed by atoms with Crippen molar-refractivity contribution in [1.29, 1.82) is 0 Å². The number of nitrogens with zero attached hydrogens (tertiary/aromatic N) is 3. The van der Waals surface area contributed by atoms with E-state index in [0.29, 0.717) is 33.5 Å². The third kappa shape index (κ3) is 7.48. The van der Waals surface area contributed by atoms with Crippen molar-refractivity contribution >= 4 is 51.2 Å². The Bertz CT molecular complexity index is 1490. The Kier molecular flexibility index (Phi) is 9.92. The highest BCUT2D eigenvalue weighted by molar-refractivity contribution is 9.10. The summed E-state index contributed by atoms with van der Waals surface area (Å²) in [5, 5.41) is 14.7. The minimum Gasteiger partial charge on any atom is -0.497 e. The normalized spacial score (nSPS) is 10.6. The fraction of sp³-hybridized carbons (Fsp3) is 0.179. The van der Waals surface area contributed by atoms with Crippen LogP contribution in [0.2, 0.25) is 0 Å². The van der Waals surface area contributed by atoms with Gasteiger partial charge in [0.2, 0.25) is 5.91 Å². The zero-order chi connectivity index (χ0) is 28.5. The highest BCUT2D eigenvalue weighted by Gasteiger charge is 2.18. The van der Waals surface area contributed by atoms with Gasteiger partial charge in [-0.15, -0.1) is 10.2 Å². The summed E-state index contributed by atoms with van der Waals surface area (Å²) in [5.41, 5.74) is 2.18. The van der Waals surface area contributed by atoms with Crippen LogP contribution in [0.15, 0.2) is 82.4 Å². The van der Waals surface area contributed by atoms with E-state index >= 15 is 0 Å². The van der Waals surface area contributed by atoms with Crippen LogP contribution in [-0.2, 0) is 16.1 Å².